The van der Waals surface area contributed by atoms with Gasteiger partial charge in [-0.25, -0.2) is 9.79 Å². The fourth-order valence-electron chi connectivity index (χ4n) is 4.95. The Hall–Kier alpha value is -4.66. The maximum atomic E-state index is 14.2. The first-order valence-electron chi connectivity index (χ1n) is 13.6. The molecule has 0 unspecified atom stereocenters. The number of methoxy groups -OCH3 is 2. The second kappa shape index (κ2) is 13.3. The molecule has 0 saturated carbocycles. The Bertz CT molecular complexity index is 2010. The fraction of sp³-hybridized carbons (Fsp3) is 0.212. The average Bonchev–Trinajstić information content (AvgIpc) is 3.33. The summed E-state index contributed by atoms with van der Waals surface area (Å²) < 4.78 is 25.1. The van der Waals surface area contributed by atoms with Gasteiger partial charge in [0.15, 0.2) is 16.3 Å². The van der Waals surface area contributed by atoms with Crippen LogP contribution in [0.2, 0.25) is 0 Å². The van der Waals surface area contributed by atoms with Crippen LogP contribution in [0.1, 0.15) is 42.1 Å². The van der Waals surface area contributed by atoms with Gasteiger partial charge in [0.25, 0.3) is 5.56 Å². The summed E-state index contributed by atoms with van der Waals surface area (Å²) in [5.74, 6) is 0.914. The van der Waals surface area contributed by atoms with Gasteiger partial charge in [-0.05, 0) is 49.8 Å². The minimum atomic E-state index is -0.851. The topological polar surface area (TPSA) is 112 Å². The molecule has 44 heavy (non-hydrogen) atoms. The van der Waals surface area contributed by atoms with Gasteiger partial charge < -0.3 is 18.9 Å². The summed E-state index contributed by atoms with van der Waals surface area (Å²) in [6.07, 6.45) is 1.75. The van der Waals surface area contributed by atoms with Crippen molar-refractivity contribution in [1.29, 1.82) is 5.26 Å². The van der Waals surface area contributed by atoms with Crippen LogP contribution in [0.25, 0.3) is 6.08 Å². The summed E-state index contributed by atoms with van der Waals surface area (Å²) in [4.78, 5) is 32.6. The summed E-state index contributed by atoms with van der Waals surface area (Å²) in [7, 11) is 3.05. The average molecular weight is 675 g/mol. The lowest BCUT2D eigenvalue weighted by molar-refractivity contribution is -0.139. The molecule has 0 fully saturated rings. The number of rotatable bonds is 9. The standard InChI is InChI=1S/C33H28BrN3O6S/c1-5-42-32(39)29-19(2)36-33-37(30(29)23-15-26(40-3)27(41-4)16-24(23)34)31(38)28(44-33)14-20-10-8-9-13-25(20)43-18-22-12-7-6-11-21(22)17-35/h6-16,30H,5,18H2,1-4H3/b28-14-/t30-/m1/s1. The minimum absolute atomic E-state index is 0.162. The number of nitrogens with zero attached hydrogens (tertiary/aromatic N) is 3. The molecule has 0 spiro atoms. The minimum Gasteiger partial charge on any atom is -0.493 e. The van der Waals surface area contributed by atoms with E-state index in [9.17, 15) is 14.9 Å². The van der Waals surface area contributed by atoms with Crippen molar-refractivity contribution >= 4 is 39.3 Å². The van der Waals surface area contributed by atoms with Crippen molar-refractivity contribution in [3.05, 3.63) is 118 Å². The lowest BCUT2D eigenvalue weighted by Crippen LogP contribution is -2.40. The van der Waals surface area contributed by atoms with E-state index in [0.29, 0.717) is 53.4 Å². The van der Waals surface area contributed by atoms with Crippen molar-refractivity contribution in [2.75, 3.05) is 20.8 Å². The van der Waals surface area contributed by atoms with Gasteiger partial charge >= 0.3 is 5.97 Å². The zero-order valence-electron chi connectivity index (χ0n) is 24.4. The van der Waals surface area contributed by atoms with Crippen molar-refractivity contribution in [3.8, 4) is 23.3 Å². The summed E-state index contributed by atoms with van der Waals surface area (Å²) in [5.41, 5.74) is 2.93. The number of carbonyl (C=O) groups excluding carboxylic acids is 1. The van der Waals surface area contributed by atoms with Crippen molar-refractivity contribution in [3.63, 3.8) is 0 Å². The molecule has 11 heteroatoms. The molecule has 9 nitrogen and oxygen atoms in total. The lowest BCUT2D eigenvalue weighted by Gasteiger charge is -2.26. The number of nitriles is 1. The number of hydrogen-bond donors (Lipinski definition) is 0. The molecule has 1 aliphatic heterocycles. The van der Waals surface area contributed by atoms with Crippen LogP contribution in [-0.2, 0) is 16.1 Å². The number of esters is 1. The molecule has 4 aromatic rings. The Kier molecular flexibility index (Phi) is 9.32. The number of benzene rings is 3. The third-order valence-electron chi connectivity index (χ3n) is 7.04. The first-order chi connectivity index (χ1) is 21.3. The molecule has 0 bridgehead atoms. The molecule has 0 radical (unpaired) electrons. The van der Waals surface area contributed by atoms with Gasteiger partial charge in [0.05, 0.1) is 54.3 Å². The molecule has 5 rings (SSSR count). The summed E-state index contributed by atoms with van der Waals surface area (Å²) in [5, 5.41) is 9.45. The van der Waals surface area contributed by atoms with E-state index in [0.717, 1.165) is 5.56 Å². The maximum absolute atomic E-state index is 14.2. The molecule has 224 valence electrons. The van der Waals surface area contributed by atoms with Crippen molar-refractivity contribution < 1.29 is 23.7 Å². The predicted octanol–water partition coefficient (Wildman–Crippen LogP) is 5.03. The van der Waals surface area contributed by atoms with Crippen molar-refractivity contribution in [2.45, 2.75) is 26.5 Å². The van der Waals surface area contributed by atoms with Crippen LogP contribution < -0.4 is 29.1 Å². The number of para-hydroxylation sites is 1. The molecule has 1 atom stereocenters. The molecule has 0 amide bonds. The van der Waals surface area contributed by atoms with E-state index in [1.165, 1.54) is 30.1 Å². The maximum Gasteiger partial charge on any atom is 0.338 e. The predicted molar refractivity (Wildman–Crippen MR) is 170 cm³/mol. The van der Waals surface area contributed by atoms with Gasteiger partial charge in [0.1, 0.15) is 12.4 Å². The highest BCUT2D eigenvalue weighted by Crippen LogP contribution is 2.40. The molecule has 0 N–H and O–H groups in total. The first kappa shape index (κ1) is 30.8. The van der Waals surface area contributed by atoms with Gasteiger partial charge in [-0.2, -0.15) is 5.26 Å². The monoisotopic (exact) mass is 673 g/mol. The van der Waals surface area contributed by atoms with Crippen LogP contribution in [-0.4, -0.2) is 31.4 Å². The summed E-state index contributed by atoms with van der Waals surface area (Å²) in [6, 6.07) is 19.4. The number of carbonyl (C=O) groups is 1. The number of thiazole rings is 1. The third-order valence-corrected chi connectivity index (χ3v) is 8.71. The van der Waals surface area contributed by atoms with Gasteiger partial charge in [0.2, 0.25) is 0 Å². The zero-order chi connectivity index (χ0) is 31.4. The van der Waals surface area contributed by atoms with E-state index in [2.05, 4.69) is 27.0 Å². The number of allylic oxidation sites excluding steroid dienone is 1. The normalized spacial score (nSPS) is 14.4. The zero-order valence-corrected chi connectivity index (χ0v) is 26.8. The highest BCUT2D eigenvalue weighted by atomic mass is 79.9. The smallest absolute Gasteiger partial charge is 0.338 e. The van der Waals surface area contributed by atoms with E-state index in [1.54, 1.807) is 44.2 Å². The number of aromatic nitrogens is 1. The largest absolute Gasteiger partial charge is 0.493 e. The van der Waals surface area contributed by atoms with Crippen LogP contribution in [0, 0.1) is 11.3 Å². The highest BCUT2D eigenvalue weighted by molar-refractivity contribution is 9.10. The Morgan fingerprint density at radius 1 is 1.09 bits per heavy atom. The van der Waals surface area contributed by atoms with Crippen LogP contribution in [0.15, 0.2) is 86.2 Å². The molecular weight excluding hydrogens is 646 g/mol. The Labute approximate surface area is 266 Å². The van der Waals surface area contributed by atoms with E-state index >= 15 is 0 Å². The van der Waals surface area contributed by atoms with E-state index in [1.807, 2.05) is 36.4 Å². The van der Waals surface area contributed by atoms with Crippen molar-refractivity contribution in [2.24, 2.45) is 4.99 Å². The van der Waals surface area contributed by atoms with E-state index in [-0.39, 0.29) is 24.3 Å². The number of hydrogen-bond acceptors (Lipinski definition) is 9. The molecule has 2 heterocycles. The van der Waals surface area contributed by atoms with Crippen LogP contribution in [0.3, 0.4) is 0 Å². The van der Waals surface area contributed by atoms with Crippen molar-refractivity contribution in [1.82, 2.24) is 4.57 Å². The third kappa shape index (κ3) is 5.91. The molecule has 1 aliphatic rings. The Balaban J connectivity index is 1.65. The van der Waals surface area contributed by atoms with Gasteiger partial charge in [-0.1, -0.05) is 63.7 Å². The quantitative estimate of drug-likeness (QED) is 0.229. The summed E-state index contributed by atoms with van der Waals surface area (Å²) >= 11 is 4.83. The summed E-state index contributed by atoms with van der Waals surface area (Å²) in [6.45, 7) is 3.80. The Morgan fingerprint density at radius 3 is 2.52 bits per heavy atom. The van der Waals surface area contributed by atoms with Gasteiger partial charge in [-0.3, -0.25) is 9.36 Å². The lowest BCUT2D eigenvalue weighted by atomic mass is 9.95. The molecular formula is C33H28BrN3O6S. The number of halogens is 1. The van der Waals surface area contributed by atoms with Gasteiger partial charge in [0, 0.05) is 15.6 Å². The van der Waals surface area contributed by atoms with E-state index in [4.69, 9.17) is 18.9 Å². The second-order valence-electron chi connectivity index (χ2n) is 9.63. The SMILES string of the molecule is CCOC(=O)C1=C(C)N=c2s/c(=C\c3ccccc3OCc3ccccc3C#N)c(=O)n2[C@@H]1c1cc(OC)c(OC)cc1Br. The highest BCUT2D eigenvalue weighted by Gasteiger charge is 2.35. The Morgan fingerprint density at radius 2 is 1.80 bits per heavy atom. The first-order valence-corrected chi connectivity index (χ1v) is 15.2. The molecule has 3 aromatic carbocycles. The molecule has 0 saturated heterocycles. The van der Waals surface area contributed by atoms with Gasteiger partial charge in [-0.15, -0.1) is 0 Å². The molecule has 0 aliphatic carbocycles. The number of ether oxygens (including phenoxy) is 4. The van der Waals surface area contributed by atoms with Crippen LogP contribution in [0.5, 0.6) is 17.2 Å². The second-order valence-corrected chi connectivity index (χ2v) is 11.5. The van der Waals surface area contributed by atoms with Crippen LogP contribution in [0.4, 0.5) is 0 Å². The van der Waals surface area contributed by atoms with E-state index < -0.39 is 12.0 Å². The fourth-order valence-corrected chi connectivity index (χ4v) is 6.53. The molecule has 1 aromatic heterocycles. The van der Waals surface area contributed by atoms with Crippen LogP contribution >= 0.6 is 27.3 Å². The number of fused-ring (bicyclic) bond motifs is 1.